The van der Waals surface area contributed by atoms with E-state index in [4.69, 9.17) is 4.74 Å². The number of aromatic nitrogens is 1. The van der Waals surface area contributed by atoms with Crippen LogP contribution >= 0.6 is 27.3 Å². The van der Waals surface area contributed by atoms with Crippen LogP contribution in [0.2, 0.25) is 0 Å². The fourth-order valence-electron chi connectivity index (χ4n) is 3.36. The highest BCUT2D eigenvalue weighted by atomic mass is 79.9. The summed E-state index contributed by atoms with van der Waals surface area (Å²) in [6, 6.07) is 9.40. The average Bonchev–Trinajstić information content (AvgIpc) is 3.39. The predicted octanol–water partition coefficient (Wildman–Crippen LogP) is 8.00. The van der Waals surface area contributed by atoms with Gasteiger partial charge in [0.05, 0.1) is 27.5 Å². The van der Waals surface area contributed by atoms with Crippen molar-refractivity contribution in [2.24, 2.45) is 0 Å². The number of ether oxygens (including phenoxy) is 1. The highest BCUT2D eigenvalue weighted by Crippen LogP contribution is 2.34. The number of benzene rings is 2. The van der Waals surface area contributed by atoms with E-state index in [1.807, 2.05) is 0 Å². The van der Waals surface area contributed by atoms with Crippen LogP contribution in [0.1, 0.15) is 63.9 Å². The molecule has 0 spiro atoms. The van der Waals surface area contributed by atoms with Crippen molar-refractivity contribution in [3.63, 3.8) is 0 Å². The van der Waals surface area contributed by atoms with Gasteiger partial charge in [0.2, 0.25) is 5.78 Å². The Kier molecular flexibility index (Phi) is 12.7. The number of hydrogen-bond donors (Lipinski definition) is 2. The first-order chi connectivity index (χ1) is 19.9. The molecular weight excluding hydrogens is 668 g/mol. The van der Waals surface area contributed by atoms with Crippen molar-refractivity contribution in [2.75, 3.05) is 23.7 Å². The van der Waals surface area contributed by atoms with Crippen LogP contribution in [0.25, 0.3) is 0 Å². The summed E-state index contributed by atoms with van der Waals surface area (Å²) in [7, 11) is 0. The molecule has 0 atom stereocenters. The quantitative estimate of drug-likeness (QED) is 0.102. The molecule has 1 heterocycles. The predicted molar refractivity (Wildman–Crippen MR) is 154 cm³/mol. The van der Waals surface area contributed by atoms with E-state index in [-0.39, 0.29) is 15.8 Å². The van der Waals surface area contributed by atoms with E-state index in [1.54, 1.807) is 20.8 Å². The first-order valence-corrected chi connectivity index (χ1v) is 14.5. The van der Waals surface area contributed by atoms with Crippen molar-refractivity contribution in [3.05, 3.63) is 81.9 Å². The van der Waals surface area contributed by atoms with Gasteiger partial charge in [0.15, 0.2) is 10.9 Å². The van der Waals surface area contributed by atoms with Gasteiger partial charge in [0.25, 0.3) is 0 Å². The van der Waals surface area contributed by atoms with Crippen LogP contribution in [0, 0.1) is 0 Å². The zero-order valence-corrected chi connectivity index (χ0v) is 25.6. The van der Waals surface area contributed by atoms with Gasteiger partial charge >= 0.3 is 18.4 Å². The summed E-state index contributed by atoms with van der Waals surface area (Å²) in [5.41, 5.74) is -3.13. The molecule has 1 amide bonds. The van der Waals surface area contributed by atoms with Crippen LogP contribution < -0.4 is 10.6 Å². The summed E-state index contributed by atoms with van der Waals surface area (Å²) >= 11 is 3.81. The minimum Gasteiger partial charge on any atom is -0.444 e. The maximum Gasteiger partial charge on any atom is 0.417 e. The van der Waals surface area contributed by atoms with Gasteiger partial charge in [-0.15, -0.1) is 0 Å². The van der Waals surface area contributed by atoms with E-state index >= 15 is 0 Å². The zero-order chi connectivity index (χ0) is 32.4. The Labute approximate surface area is 256 Å². The smallest absolute Gasteiger partial charge is 0.417 e. The molecule has 0 unspecified atom stereocenters. The summed E-state index contributed by atoms with van der Waals surface area (Å²) in [6.45, 7) is 6.13. The number of hydrogen-bond acceptors (Lipinski definition) is 7. The Hall–Kier alpha value is -3.46. The molecule has 234 valence electrons. The molecule has 0 aliphatic carbocycles. The molecular formula is C28H28BrF6N3O4S. The highest BCUT2D eigenvalue weighted by Gasteiger charge is 2.36. The van der Waals surface area contributed by atoms with Gasteiger partial charge in [-0.3, -0.25) is 9.59 Å². The van der Waals surface area contributed by atoms with Crippen molar-refractivity contribution in [2.45, 2.75) is 45.1 Å². The van der Waals surface area contributed by atoms with Gasteiger partial charge in [-0.05, 0) is 39.3 Å². The van der Waals surface area contributed by atoms with Gasteiger partial charge in [-0.25, -0.2) is 9.78 Å². The standard InChI is InChI=1S/C19H22F3N3O3S.C9H6BrF3O/c1-18(2,3)28-17(27)24-10-6-9-23-16-25-11-14(29-16)15(26)12-7-4-5-8-13(12)19(20,21)22;10-5-8(14)6-3-1-2-4-7(6)9(11,12)13/h4-5,7-8,11H,6,9-10H2,1-3H3,(H,23,25)(H,24,27);1-4H,5H2. The first-order valence-electron chi connectivity index (χ1n) is 12.6. The van der Waals surface area contributed by atoms with Crippen LogP contribution in [0.15, 0.2) is 54.7 Å². The van der Waals surface area contributed by atoms with E-state index in [0.717, 1.165) is 29.5 Å². The largest absolute Gasteiger partial charge is 0.444 e. The van der Waals surface area contributed by atoms with Crippen LogP contribution in [-0.2, 0) is 17.1 Å². The van der Waals surface area contributed by atoms with Gasteiger partial charge in [-0.2, -0.15) is 26.3 Å². The molecule has 0 aliphatic heterocycles. The lowest BCUT2D eigenvalue weighted by molar-refractivity contribution is -0.138. The molecule has 0 radical (unpaired) electrons. The molecule has 0 fully saturated rings. The van der Waals surface area contributed by atoms with Crippen molar-refractivity contribution in [3.8, 4) is 0 Å². The number of amides is 1. The van der Waals surface area contributed by atoms with E-state index in [2.05, 4.69) is 31.5 Å². The number of carbonyl (C=O) groups is 3. The van der Waals surface area contributed by atoms with Gasteiger partial charge < -0.3 is 15.4 Å². The molecule has 15 heteroatoms. The lowest BCUT2D eigenvalue weighted by Crippen LogP contribution is -2.33. The topological polar surface area (TPSA) is 97.4 Å². The Morgan fingerprint density at radius 2 is 1.40 bits per heavy atom. The highest BCUT2D eigenvalue weighted by molar-refractivity contribution is 9.09. The third kappa shape index (κ3) is 11.6. The molecule has 2 N–H and O–H groups in total. The molecule has 2 aromatic carbocycles. The maximum absolute atomic E-state index is 13.1. The lowest BCUT2D eigenvalue weighted by Gasteiger charge is -2.19. The number of alkyl carbamates (subject to hydrolysis) is 1. The number of ketones is 2. The second kappa shape index (κ2) is 15.3. The number of nitrogens with zero attached hydrogens (tertiary/aromatic N) is 1. The van der Waals surface area contributed by atoms with Crippen molar-refractivity contribution >= 4 is 50.1 Å². The van der Waals surface area contributed by atoms with E-state index in [0.29, 0.717) is 24.6 Å². The van der Waals surface area contributed by atoms with Gasteiger partial charge in [0, 0.05) is 24.2 Å². The molecule has 3 aromatic rings. The van der Waals surface area contributed by atoms with E-state index < -0.39 is 52.3 Å². The number of halogens is 7. The summed E-state index contributed by atoms with van der Waals surface area (Å²) < 4.78 is 81.5. The fourth-order valence-corrected chi connectivity index (χ4v) is 4.45. The number of carbonyl (C=O) groups excluding carboxylic acids is 3. The molecule has 43 heavy (non-hydrogen) atoms. The maximum atomic E-state index is 13.1. The Morgan fingerprint density at radius 3 is 1.93 bits per heavy atom. The summed E-state index contributed by atoms with van der Waals surface area (Å²) in [5.74, 6) is -1.30. The molecule has 3 rings (SSSR count). The molecule has 7 nitrogen and oxygen atoms in total. The number of thiazole rings is 1. The van der Waals surface area contributed by atoms with Crippen LogP contribution in [-0.4, -0.2) is 46.7 Å². The van der Waals surface area contributed by atoms with Crippen molar-refractivity contribution < 1.29 is 45.5 Å². The molecule has 0 saturated heterocycles. The second-order valence-electron chi connectivity index (χ2n) is 9.71. The molecule has 0 aliphatic rings. The zero-order valence-electron chi connectivity index (χ0n) is 23.2. The minimum absolute atomic E-state index is 0.107. The molecule has 0 bridgehead atoms. The lowest BCUT2D eigenvalue weighted by atomic mass is 10.0. The number of nitrogens with one attached hydrogen (secondary N) is 2. The minimum atomic E-state index is -4.61. The fraction of sp³-hybridized carbons (Fsp3) is 0.357. The molecule has 1 aromatic heterocycles. The van der Waals surface area contributed by atoms with Crippen molar-refractivity contribution in [1.29, 1.82) is 0 Å². The van der Waals surface area contributed by atoms with Gasteiger partial charge in [0.1, 0.15) is 5.60 Å². The SMILES string of the molecule is CC(C)(C)OC(=O)NCCCNc1ncc(C(=O)c2ccccc2C(F)(F)F)s1.O=C(CBr)c1ccccc1C(F)(F)F. The van der Waals surface area contributed by atoms with E-state index in [1.165, 1.54) is 36.5 Å². The summed E-state index contributed by atoms with van der Waals surface area (Å²) in [4.78, 5) is 39.3. The number of alkyl halides is 7. The van der Waals surface area contributed by atoms with Gasteiger partial charge in [-0.1, -0.05) is 63.7 Å². The first kappa shape index (κ1) is 35.7. The summed E-state index contributed by atoms with van der Waals surface area (Å²) in [5, 5.41) is 5.89. The van der Waals surface area contributed by atoms with E-state index in [9.17, 15) is 40.7 Å². The second-order valence-corrected chi connectivity index (χ2v) is 11.3. The Morgan fingerprint density at radius 1 is 0.860 bits per heavy atom. The van der Waals surface area contributed by atoms with Crippen molar-refractivity contribution in [1.82, 2.24) is 10.3 Å². The molecule has 0 saturated carbocycles. The van der Waals surface area contributed by atoms with Crippen LogP contribution in [0.5, 0.6) is 0 Å². The van der Waals surface area contributed by atoms with Crippen LogP contribution in [0.3, 0.4) is 0 Å². The monoisotopic (exact) mass is 695 g/mol. The Balaban J connectivity index is 0.000000385. The van der Waals surface area contributed by atoms with Crippen LogP contribution in [0.4, 0.5) is 36.3 Å². The third-order valence-electron chi connectivity index (χ3n) is 5.16. The normalized spacial score (nSPS) is 11.7. The third-order valence-corrected chi connectivity index (χ3v) is 6.62. The number of Topliss-reactive ketones (excluding diaryl/α,β-unsaturated/α-hetero) is 1. The summed E-state index contributed by atoms with van der Waals surface area (Å²) in [6.07, 6.45) is -7.78. The average molecular weight is 697 g/mol. The number of rotatable bonds is 9. The number of anilines is 1. The Bertz CT molecular complexity index is 1400.